The summed E-state index contributed by atoms with van der Waals surface area (Å²) in [6.45, 7) is 2.10. The third-order valence-corrected chi connectivity index (χ3v) is 4.23. The van der Waals surface area contributed by atoms with Gasteiger partial charge in [-0.05, 0) is 43.9 Å². The average Bonchev–Trinajstić information content (AvgIpc) is 3.19. The summed E-state index contributed by atoms with van der Waals surface area (Å²) in [4.78, 5) is 11.9. The molecule has 2 atom stereocenters. The summed E-state index contributed by atoms with van der Waals surface area (Å²) in [7, 11) is 0. The molecule has 5 nitrogen and oxygen atoms in total. The van der Waals surface area contributed by atoms with Gasteiger partial charge in [0.2, 0.25) is 5.91 Å². The first kappa shape index (κ1) is 16.2. The van der Waals surface area contributed by atoms with Gasteiger partial charge < -0.3 is 20.1 Å². The van der Waals surface area contributed by atoms with Crippen LogP contribution in [0.5, 0.6) is 0 Å². The van der Waals surface area contributed by atoms with E-state index < -0.39 is 0 Å². The molecule has 0 bridgehead atoms. The maximum absolute atomic E-state index is 14.1. The van der Waals surface area contributed by atoms with Crippen LogP contribution in [0.2, 0.25) is 0 Å². The maximum Gasteiger partial charge on any atom is 0.226 e. The van der Waals surface area contributed by atoms with Gasteiger partial charge in [0.1, 0.15) is 5.82 Å². The molecule has 2 N–H and O–H groups in total. The molecule has 0 radical (unpaired) electrons. The lowest BCUT2D eigenvalue weighted by molar-refractivity contribution is -0.118. The van der Waals surface area contributed by atoms with Crippen LogP contribution in [0.15, 0.2) is 18.2 Å². The first-order valence-corrected chi connectivity index (χ1v) is 8.27. The number of hydrogen-bond acceptors (Lipinski definition) is 4. The van der Waals surface area contributed by atoms with Crippen LogP contribution in [0, 0.1) is 5.82 Å². The first-order chi connectivity index (χ1) is 11.2. The van der Waals surface area contributed by atoms with Crippen molar-refractivity contribution in [2.75, 3.05) is 30.4 Å². The van der Waals surface area contributed by atoms with Crippen LogP contribution >= 0.6 is 0 Å². The maximum atomic E-state index is 14.1. The summed E-state index contributed by atoms with van der Waals surface area (Å²) in [6, 6.07) is 4.69. The van der Waals surface area contributed by atoms with Crippen LogP contribution in [-0.2, 0) is 14.3 Å². The number of ether oxygens (including phenoxy) is 2. The molecular formula is C17H23FN2O3. The van der Waals surface area contributed by atoms with E-state index in [1.807, 2.05) is 0 Å². The highest BCUT2D eigenvalue weighted by Crippen LogP contribution is 2.21. The molecule has 126 valence electrons. The van der Waals surface area contributed by atoms with Crippen LogP contribution in [0.3, 0.4) is 0 Å². The van der Waals surface area contributed by atoms with E-state index >= 15 is 0 Å². The third kappa shape index (κ3) is 4.65. The molecule has 2 fully saturated rings. The van der Waals surface area contributed by atoms with Gasteiger partial charge >= 0.3 is 0 Å². The van der Waals surface area contributed by atoms with Crippen LogP contribution in [0.4, 0.5) is 15.8 Å². The standard InChI is InChI=1S/C17H23FN2O3/c18-15-9-12(20-17(21)10-13-3-1-7-22-13)5-6-16(15)19-11-14-4-2-8-23-14/h5-6,9,13-14,19H,1-4,7-8,10-11H2,(H,20,21)/t13-,14+/m0/s1. The number of nitrogens with one attached hydrogen (secondary N) is 2. The van der Waals surface area contributed by atoms with Gasteiger partial charge in [-0.1, -0.05) is 0 Å². The molecule has 0 unspecified atom stereocenters. The molecule has 0 saturated carbocycles. The first-order valence-electron chi connectivity index (χ1n) is 8.27. The van der Waals surface area contributed by atoms with Crippen molar-refractivity contribution in [3.05, 3.63) is 24.0 Å². The molecule has 2 aliphatic rings. The van der Waals surface area contributed by atoms with Crippen molar-refractivity contribution in [2.45, 2.75) is 44.3 Å². The highest BCUT2D eigenvalue weighted by molar-refractivity contribution is 5.91. The van der Waals surface area contributed by atoms with Crippen molar-refractivity contribution >= 4 is 17.3 Å². The second kappa shape index (κ2) is 7.75. The van der Waals surface area contributed by atoms with E-state index in [2.05, 4.69) is 10.6 Å². The van der Waals surface area contributed by atoms with Gasteiger partial charge in [0.15, 0.2) is 0 Å². The number of rotatable bonds is 6. The molecule has 1 amide bonds. The normalized spacial score (nSPS) is 23.9. The Labute approximate surface area is 135 Å². The van der Waals surface area contributed by atoms with Gasteiger partial charge in [-0.15, -0.1) is 0 Å². The lowest BCUT2D eigenvalue weighted by Crippen LogP contribution is -2.20. The highest BCUT2D eigenvalue weighted by Gasteiger charge is 2.19. The lowest BCUT2D eigenvalue weighted by atomic mass is 10.1. The van der Waals surface area contributed by atoms with Gasteiger partial charge in [-0.3, -0.25) is 4.79 Å². The Morgan fingerprint density at radius 1 is 1.17 bits per heavy atom. The number of carbonyl (C=O) groups excluding carboxylic acids is 1. The van der Waals surface area contributed by atoms with E-state index in [4.69, 9.17) is 9.47 Å². The van der Waals surface area contributed by atoms with E-state index in [-0.39, 0.29) is 23.9 Å². The molecule has 2 heterocycles. The monoisotopic (exact) mass is 322 g/mol. The zero-order valence-corrected chi connectivity index (χ0v) is 13.1. The predicted molar refractivity (Wildman–Crippen MR) is 86.1 cm³/mol. The molecule has 23 heavy (non-hydrogen) atoms. The fraction of sp³-hybridized carbons (Fsp3) is 0.588. The third-order valence-electron chi connectivity index (χ3n) is 4.23. The van der Waals surface area contributed by atoms with E-state index in [0.717, 1.165) is 38.9 Å². The molecular weight excluding hydrogens is 299 g/mol. The SMILES string of the molecule is O=C(C[C@@H]1CCCO1)Nc1ccc(NC[C@H]2CCCO2)c(F)c1. The Kier molecular flexibility index (Phi) is 5.46. The van der Waals surface area contributed by atoms with Crippen LogP contribution in [-0.4, -0.2) is 37.9 Å². The smallest absolute Gasteiger partial charge is 0.226 e. The zero-order chi connectivity index (χ0) is 16.1. The molecule has 2 saturated heterocycles. The largest absolute Gasteiger partial charge is 0.380 e. The Morgan fingerprint density at radius 2 is 1.91 bits per heavy atom. The number of carbonyl (C=O) groups is 1. The van der Waals surface area contributed by atoms with E-state index in [1.165, 1.54) is 6.07 Å². The predicted octanol–water partition coefficient (Wildman–Crippen LogP) is 2.92. The molecule has 2 aliphatic heterocycles. The minimum absolute atomic E-state index is 0.00722. The summed E-state index contributed by atoms with van der Waals surface area (Å²) >= 11 is 0. The Bertz CT molecular complexity index is 541. The Balaban J connectivity index is 1.50. The quantitative estimate of drug-likeness (QED) is 0.845. The second-order valence-corrected chi connectivity index (χ2v) is 6.10. The van der Waals surface area contributed by atoms with Gasteiger partial charge in [0.05, 0.1) is 24.3 Å². The fourth-order valence-corrected chi connectivity index (χ4v) is 2.99. The zero-order valence-electron chi connectivity index (χ0n) is 13.1. The average molecular weight is 322 g/mol. The molecule has 6 heteroatoms. The minimum atomic E-state index is -0.377. The van der Waals surface area contributed by atoms with Gasteiger partial charge in [0, 0.05) is 25.4 Å². The van der Waals surface area contributed by atoms with Gasteiger partial charge in [0.25, 0.3) is 0 Å². The van der Waals surface area contributed by atoms with E-state index in [0.29, 0.717) is 24.3 Å². The summed E-state index contributed by atoms with van der Waals surface area (Å²) in [5, 5.41) is 5.78. The van der Waals surface area contributed by atoms with E-state index in [9.17, 15) is 9.18 Å². The van der Waals surface area contributed by atoms with Crippen molar-refractivity contribution in [1.29, 1.82) is 0 Å². The fourth-order valence-electron chi connectivity index (χ4n) is 2.99. The van der Waals surface area contributed by atoms with Gasteiger partial charge in [-0.25, -0.2) is 4.39 Å². The Morgan fingerprint density at radius 3 is 2.57 bits per heavy atom. The topological polar surface area (TPSA) is 59.6 Å². The number of anilines is 2. The van der Waals surface area contributed by atoms with Crippen molar-refractivity contribution in [3.8, 4) is 0 Å². The molecule has 0 aliphatic carbocycles. The number of benzene rings is 1. The second-order valence-electron chi connectivity index (χ2n) is 6.10. The highest BCUT2D eigenvalue weighted by atomic mass is 19.1. The van der Waals surface area contributed by atoms with Crippen molar-refractivity contribution in [1.82, 2.24) is 0 Å². The van der Waals surface area contributed by atoms with Crippen LogP contribution in [0.1, 0.15) is 32.1 Å². The molecule has 1 aromatic carbocycles. The minimum Gasteiger partial charge on any atom is -0.380 e. The van der Waals surface area contributed by atoms with Crippen LogP contribution < -0.4 is 10.6 Å². The number of amides is 1. The lowest BCUT2D eigenvalue weighted by Gasteiger charge is -2.14. The number of hydrogen-bond donors (Lipinski definition) is 2. The van der Waals surface area contributed by atoms with Crippen molar-refractivity contribution in [3.63, 3.8) is 0 Å². The molecule has 0 aromatic heterocycles. The molecule has 1 aromatic rings. The summed E-state index contributed by atoms with van der Waals surface area (Å²) in [5.41, 5.74) is 0.894. The molecule has 0 spiro atoms. The van der Waals surface area contributed by atoms with Crippen LogP contribution in [0.25, 0.3) is 0 Å². The van der Waals surface area contributed by atoms with Crippen molar-refractivity contribution < 1.29 is 18.7 Å². The van der Waals surface area contributed by atoms with Gasteiger partial charge in [-0.2, -0.15) is 0 Å². The van der Waals surface area contributed by atoms with E-state index in [1.54, 1.807) is 12.1 Å². The summed E-state index contributed by atoms with van der Waals surface area (Å²) in [5.74, 6) is -0.519. The number of halogens is 1. The van der Waals surface area contributed by atoms with Crippen molar-refractivity contribution in [2.24, 2.45) is 0 Å². The summed E-state index contributed by atoms with van der Waals surface area (Å²) in [6.07, 6.45) is 4.44. The summed E-state index contributed by atoms with van der Waals surface area (Å²) < 4.78 is 25.0. The molecule has 3 rings (SSSR count). The Hall–Kier alpha value is -1.66.